The zero-order valence-corrected chi connectivity index (χ0v) is 6.97. The van der Waals surface area contributed by atoms with Crippen LogP contribution in [0.15, 0.2) is 35.5 Å². The minimum absolute atomic E-state index is 0.433. The molecule has 0 saturated heterocycles. The van der Waals surface area contributed by atoms with E-state index in [-0.39, 0.29) is 0 Å². The molecule has 4 heteroatoms. The molecule has 0 aliphatic heterocycles. The van der Waals surface area contributed by atoms with E-state index in [1.54, 1.807) is 18.3 Å². The average Bonchev–Trinajstić information content (AvgIpc) is 2.49. The third kappa shape index (κ3) is 1.15. The first-order chi connectivity index (χ1) is 5.77. The van der Waals surface area contributed by atoms with Crippen LogP contribution in [0.4, 0.5) is 0 Å². The number of aromatic nitrogens is 1. The first-order valence-corrected chi connectivity index (χ1v) is 4.55. The summed E-state index contributed by atoms with van der Waals surface area (Å²) in [5.74, 6) is 0. The fourth-order valence-corrected chi connectivity index (χ4v) is 1.55. The first kappa shape index (κ1) is 7.52. The molecule has 0 spiro atoms. The molecule has 2 N–H and O–H groups in total. The largest absolute Gasteiger partial charge is 0.366 e. The van der Waals surface area contributed by atoms with Gasteiger partial charge in [-0.25, -0.2) is 4.21 Å². The van der Waals surface area contributed by atoms with E-state index in [1.807, 2.05) is 12.3 Å². The van der Waals surface area contributed by atoms with E-state index >= 15 is 0 Å². The molecular weight excluding hydrogens is 174 g/mol. The molecule has 1 aromatic heterocycles. The van der Waals surface area contributed by atoms with E-state index in [9.17, 15) is 4.21 Å². The molecule has 1 atom stereocenters. The van der Waals surface area contributed by atoms with Crippen LogP contribution in [-0.4, -0.2) is 13.7 Å². The molecule has 0 radical (unpaired) electrons. The van der Waals surface area contributed by atoms with Crippen molar-refractivity contribution < 1.29 is 8.76 Å². The molecule has 1 unspecified atom stereocenters. The lowest BCUT2D eigenvalue weighted by atomic mass is 10.2. The Morgan fingerprint density at radius 1 is 1.25 bits per heavy atom. The Balaban J connectivity index is 2.68. The van der Waals surface area contributed by atoms with Crippen LogP contribution in [0.1, 0.15) is 0 Å². The van der Waals surface area contributed by atoms with Crippen molar-refractivity contribution in [3.05, 3.63) is 30.6 Å². The summed E-state index contributed by atoms with van der Waals surface area (Å²) >= 11 is -1.88. The molecular formula is C8H7NO2S. The molecule has 2 rings (SSSR count). The molecule has 0 fully saturated rings. The van der Waals surface area contributed by atoms with Gasteiger partial charge in [0.2, 0.25) is 0 Å². The maximum Gasteiger partial charge on any atom is 0.186 e. The Labute approximate surface area is 71.7 Å². The van der Waals surface area contributed by atoms with E-state index < -0.39 is 11.1 Å². The molecule has 0 amide bonds. The van der Waals surface area contributed by atoms with Crippen LogP contribution >= 0.6 is 0 Å². The van der Waals surface area contributed by atoms with Crippen molar-refractivity contribution in [1.82, 2.24) is 4.98 Å². The Hall–Kier alpha value is -1.13. The lowest BCUT2D eigenvalue weighted by Gasteiger charge is -1.93. The topological polar surface area (TPSA) is 53.1 Å². The zero-order valence-electron chi connectivity index (χ0n) is 6.15. The summed E-state index contributed by atoms with van der Waals surface area (Å²) in [5.41, 5.74) is 0. The van der Waals surface area contributed by atoms with Gasteiger partial charge in [0.25, 0.3) is 0 Å². The van der Waals surface area contributed by atoms with Crippen molar-refractivity contribution in [1.29, 1.82) is 0 Å². The summed E-state index contributed by atoms with van der Waals surface area (Å²) in [4.78, 5) is 3.36. The van der Waals surface area contributed by atoms with Crippen LogP contribution in [0.2, 0.25) is 0 Å². The number of rotatable bonds is 1. The van der Waals surface area contributed by atoms with Gasteiger partial charge in [-0.15, -0.1) is 0 Å². The first-order valence-electron chi connectivity index (χ1n) is 3.45. The molecule has 3 nitrogen and oxygen atoms in total. The van der Waals surface area contributed by atoms with Gasteiger partial charge in [-0.3, -0.25) is 0 Å². The van der Waals surface area contributed by atoms with Crippen LogP contribution in [0.5, 0.6) is 0 Å². The second kappa shape index (κ2) is 2.73. The van der Waals surface area contributed by atoms with Crippen molar-refractivity contribution in [3.8, 4) is 0 Å². The van der Waals surface area contributed by atoms with Gasteiger partial charge in [-0.2, -0.15) is 0 Å². The maximum atomic E-state index is 10.7. The van der Waals surface area contributed by atoms with Crippen molar-refractivity contribution in [2.75, 3.05) is 0 Å². The smallest absolute Gasteiger partial charge is 0.186 e. The van der Waals surface area contributed by atoms with Gasteiger partial charge in [-0.1, -0.05) is 6.07 Å². The molecule has 0 saturated carbocycles. The van der Waals surface area contributed by atoms with Gasteiger partial charge in [0, 0.05) is 17.8 Å². The molecule has 0 bridgehead atoms. The highest BCUT2D eigenvalue weighted by molar-refractivity contribution is 7.79. The number of hydrogen-bond acceptors (Lipinski definition) is 1. The van der Waals surface area contributed by atoms with Gasteiger partial charge in [0.15, 0.2) is 11.1 Å². The minimum Gasteiger partial charge on any atom is -0.366 e. The molecule has 2 aromatic rings. The number of hydrogen-bond donors (Lipinski definition) is 2. The number of fused-ring (bicyclic) bond motifs is 1. The minimum atomic E-state index is -1.88. The molecule has 62 valence electrons. The SMILES string of the molecule is O=S(O)c1ccc2c[nH]cc2c1. The number of H-pyrrole nitrogens is 1. The van der Waals surface area contributed by atoms with E-state index in [4.69, 9.17) is 4.55 Å². The Bertz CT molecular complexity index is 435. The third-order valence-corrected chi connectivity index (χ3v) is 2.39. The summed E-state index contributed by atoms with van der Waals surface area (Å²) in [5, 5.41) is 2.00. The van der Waals surface area contributed by atoms with Crippen molar-refractivity contribution in [2.45, 2.75) is 4.90 Å². The van der Waals surface area contributed by atoms with Crippen LogP contribution in [-0.2, 0) is 11.1 Å². The fraction of sp³-hybridized carbons (Fsp3) is 0. The van der Waals surface area contributed by atoms with Crippen molar-refractivity contribution in [2.24, 2.45) is 0 Å². The highest BCUT2D eigenvalue weighted by Crippen LogP contribution is 2.16. The predicted molar refractivity (Wildman–Crippen MR) is 47.3 cm³/mol. The fourth-order valence-electron chi connectivity index (χ4n) is 1.14. The van der Waals surface area contributed by atoms with E-state index in [0.29, 0.717) is 4.90 Å². The zero-order chi connectivity index (χ0) is 8.55. The number of aromatic amines is 1. The van der Waals surface area contributed by atoms with Gasteiger partial charge in [0.1, 0.15) is 0 Å². The molecule has 1 heterocycles. The highest BCUT2D eigenvalue weighted by Gasteiger charge is 2.00. The van der Waals surface area contributed by atoms with Gasteiger partial charge < -0.3 is 9.54 Å². The van der Waals surface area contributed by atoms with Crippen LogP contribution in [0, 0.1) is 0 Å². The van der Waals surface area contributed by atoms with E-state index in [1.165, 1.54) is 0 Å². The third-order valence-electron chi connectivity index (χ3n) is 1.74. The molecule has 0 aliphatic rings. The standard InChI is InChI=1S/C8H7NO2S/c10-12(11)8-2-1-6-4-9-5-7(6)3-8/h1-5,9H,(H,10,11). The highest BCUT2D eigenvalue weighted by atomic mass is 32.2. The summed E-state index contributed by atoms with van der Waals surface area (Å²) in [7, 11) is 0. The molecule has 1 aromatic carbocycles. The summed E-state index contributed by atoms with van der Waals surface area (Å²) < 4.78 is 19.5. The second-order valence-electron chi connectivity index (χ2n) is 2.50. The summed E-state index contributed by atoms with van der Waals surface area (Å²) in [6.07, 6.45) is 3.64. The van der Waals surface area contributed by atoms with Crippen molar-refractivity contribution >= 4 is 21.9 Å². The Morgan fingerprint density at radius 2 is 2.00 bits per heavy atom. The number of benzene rings is 1. The van der Waals surface area contributed by atoms with Crippen LogP contribution in [0.25, 0.3) is 10.8 Å². The van der Waals surface area contributed by atoms with E-state index in [2.05, 4.69) is 4.98 Å². The van der Waals surface area contributed by atoms with Gasteiger partial charge in [0.05, 0.1) is 4.90 Å². The van der Waals surface area contributed by atoms with E-state index in [0.717, 1.165) is 10.8 Å². The van der Waals surface area contributed by atoms with Crippen molar-refractivity contribution in [3.63, 3.8) is 0 Å². The van der Waals surface area contributed by atoms with Gasteiger partial charge in [-0.05, 0) is 17.5 Å². The Morgan fingerprint density at radius 3 is 2.75 bits per heavy atom. The summed E-state index contributed by atoms with van der Waals surface area (Å²) in [6, 6.07) is 5.16. The monoisotopic (exact) mass is 181 g/mol. The van der Waals surface area contributed by atoms with Gasteiger partial charge >= 0.3 is 0 Å². The molecule has 12 heavy (non-hydrogen) atoms. The Kier molecular flexibility index (Phi) is 1.71. The maximum absolute atomic E-state index is 10.7. The lowest BCUT2D eigenvalue weighted by molar-refractivity contribution is 0.564. The second-order valence-corrected chi connectivity index (χ2v) is 3.46. The quantitative estimate of drug-likeness (QED) is 0.658. The van der Waals surface area contributed by atoms with Crippen LogP contribution in [0.3, 0.4) is 0 Å². The van der Waals surface area contributed by atoms with Crippen LogP contribution < -0.4 is 0 Å². The predicted octanol–water partition coefficient (Wildman–Crippen LogP) is 1.75. The lowest BCUT2D eigenvalue weighted by Crippen LogP contribution is -1.86. The average molecular weight is 181 g/mol. The normalized spacial score (nSPS) is 13.4. The molecule has 0 aliphatic carbocycles. The number of nitrogens with one attached hydrogen (secondary N) is 1. The summed E-state index contributed by atoms with van der Waals surface area (Å²) in [6.45, 7) is 0.